The van der Waals surface area contributed by atoms with Crippen LogP contribution in [0.1, 0.15) is 12.8 Å². The van der Waals surface area contributed by atoms with Crippen LogP contribution < -0.4 is 4.90 Å². The summed E-state index contributed by atoms with van der Waals surface area (Å²) >= 11 is 3.48. The Balaban J connectivity index is 1.92. The number of anilines is 1. The Kier molecular flexibility index (Phi) is 3.45. The Bertz CT molecular complexity index is 573. The van der Waals surface area contributed by atoms with Crippen LogP contribution >= 0.6 is 15.9 Å². The van der Waals surface area contributed by atoms with E-state index < -0.39 is 0 Å². The van der Waals surface area contributed by atoms with Crippen LogP contribution in [0.3, 0.4) is 0 Å². The van der Waals surface area contributed by atoms with Crippen molar-refractivity contribution in [3.05, 3.63) is 23.2 Å². The largest absolute Gasteiger partial charge is 0.353 e. The third kappa shape index (κ3) is 2.47. The van der Waals surface area contributed by atoms with E-state index in [-0.39, 0.29) is 0 Å². The van der Waals surface area contributed by atoms with Gasteiger partial charge < -0.3 is 14.2 Å². The number of hydrogen-bond donors (Lipinski definition) is 0. The van der Waals surface area contributed by atoms with Gasteiger partial charge in [0.1, 0.15) is 4.60 Å². The first-order valence-corrected chi connectivity index (χ1v) is 7.35. The fourth-order valence-electron chi connectivity index (χ4n) is 2.68. The molecule has 3 rings (SSSR count). The lowest BCUT2D eigenvalue weighted by Gasteiger charge is -2.35. The first-order valence-electron chi connectivity index (χ1n) is 6.56. The Labute approximate surface area is 121 Å². The lowest BCUT2D eigenvalue weighted by Crippen LogP contribution is -2.42. The number of aromatic nitrogens is 3. The average Bonchev–Trinajstić information content (AvgIpc) is 2.85. The molecule has 6 heteroatoms. The molecular weight excluding hydrogens is 306 g/mol. The van der Waals surface area contributed by atoms with Gasteiger partial charge in [0.15, 0.2) is 11.5 Å². The van der Waals surface area contributed by atoms with Crippen LogP contribution in [0.4, 0.5) is 5.82 Å². The second-order valence-corrected chi connectivity index (χ2v) is 6.00. The van der Waals surface area contributed by atoms with Crippen LogP contribution in [0, 0.1) is 0 Å². The Morgan fingerprint density at radius 2 is 2.11 bits per heavy atom. The minimum atomic E-state index is 0.540. The van der Waals surface area contributed by atoms with E-state index >= 15 is 0 Å². The standard InChI is InChI=1S/C13H18BrN5/c1-17-6-3-10(4-7-17)18(2)13-12-15-5-8-19(12)9-11(14)16-13/h5,8-10H,3-4,6-7H2,1-2H3. The highest BCUT2D eigenvalue weighted by Crippen LogP contribution is 2.25. The quantitative estimate of drug-likeness (QED) is 0.847. The zero-order valence-electron chi connectivity index (χ0n) is 11.3. The molecule has 1 aliphatic heterocycles. The van der Waals surface area contributed by atoms with Crippen LogP contribution in [0.25, 0.3) is 5.65 Å². The molecular formula is C13H18BrN5. The minimum Gasteiger partial charge on any atom is -0.353 e. The van der Waals surface area contributed by atoms with E-state index in [1.807, 2.05) is 23.0 Å². The summed E-state index contributed by atoms with van der Waals surface area (Å²) in [5.41, 5.74) is 0.921. The zero-order valence-corrected chi connectivity index (χ0v) is 12.8. The third-order valence-corrected chi connectivity index (χ3v) is 4.28. The Morgan fingerprint density at radius 3 is 2.84 bits per heavy atom. The van der Waals surface area contributed by atoms with Crippen molar-refractivity contribution in [1.82, 2.24) is 19.3 Å². The fraction of sp³-hybridized carbons (Fsp3) is 0.538. The van der Waals surface area contributed by atoms with Gasteiger partial charge in [0.25, 0.3) is 0 Å². The molecule has 5 nitrogen and oxygen atoms in total. The number of nitrogens with zero attached hydrogens (tertiary/aromatic N) is 5. The van der Waals surface area contributed by atoms with Gasteiger partial charge in [-0.2, -0.15) is 0 Å². The van der Waals surface area contributed by atoms with Gasteiger partial charge in [-0.1, -0.05) is 0 Å². The summed E-state index contributed by atoms with van der Waals surface area (Å²) in [6.45, 7) is 2.29. The van der Waals surface area contributed by atoms with E-state index in [1.54, 1.807) is 0 Å². The third-order valence-electron chi connectivity index (χ3n) is 3.90. The van der Waals surface area contributed by atoms with Crippen molar-refractivity contribution in [3.63, 3.8) is 0 Å². The molecule has 0 amide bonds. The highest BCUT2D eigenvalue weighted by molar-refractivity contribution is 9.10. The van der Waals surface area contributed by atoms with Crippen molar-refractivity contribution in [1.29, 1.82) is 0 Å². The highest BCUT2D eigenvalue weighted by atomic mass is 79.9. The molecule has 0 bridgehead atoms. The van der Waals surface area contributed by atoms with Crippen molar-refractivity contribution in [2.24, 2.45) is 0 Å². The van der Waals surface area contributed by atoms with Crippen LogP contribution in [-0.2, 0) is 0 Å². The normalized spacial score (nSPS) is 18.1. The van der Waals surface area contributed by atoms with Crippen molar-refractivity contribution in [2.75, 3.05) is 32.1 Å². The van der Waals surface area contributed by atoms with Crippen LogP contribution in [0.15, 0.2) is 23.2 Å². The number of piperidine rings is 1. The zero-order chi connectivity index (χ0) is 13.4. The second kappa shape index (κ2) is 5.09. The van der Waals surface area contributed by atoms with E-state index in [0.29, 0.717) is 6.04 Å². The van der Waals surface area contributed by atoms with Crippen molar-refractivity contribution >= 4 is 27.4 Å². The first-order chi connectivity index (χ1) is 9.15. The van der Waals surface area contributed by atoms with Gasteiger partial charge >= 0.3 is 0 Å². The number of imidazole rings is 1. The molecule has 0 spiro atoms. The molecule has 0 aromatic carbocycles. The van der Waals surface area contributed by atoms with Crippen molar-refractivity contribution in [2.45, 2.75) is 18.9 Å². The van der Waals surface area contributed by atoms with Crippen LogP contribution in [0.5, 0.6) is 0 Å². The number of fused-ring (bicyclic) bond motifs is 1. The monoisotopic (exact) mass is 323 g/mol. The van der Waals surface area contributed by atoms with E-state index in [9.17, 15) is 0 Å². The summed E-state index contributed by atoms with van der Waals surface area (Å²) in [7, 11) is 4.31. The van der Waals surface area contributed by atoms with Gasteiger partial charge in [0.2, 0.25) is 0 Å². The van der Waals surface area contributed by atoms with E-state index in [2.05, 4.69) is 49.8 Å². The smallest absolute Gasteiger partial charge is 0.180 e. The summed E-state index contributed by atoms with van der Waals surface area (Å²) in [6.07, 6.45) is 8.06. The molecule has 19 heavy (non-hydrogen) atoms. The molecule has 0 unspecified atom stereocenters. The number of hydrogen-bond acceptors (Lipinski definition) is 4. The maximum absolute atomic E-state index is 4.61. The van der Waals surface area contributed by atoms with Crippen molar-refractivity contribution in [3.8, 4) is 0 Å². The molecule has 3 heterocycles. The maximum Gasteiger partial charge on any atom is 0.180 e. The number of halogens is 1. The number of likely N-dealkylation sites (tertiary alicyclic amines) is 1. The van der Waals surface area contributed by atoms with Crippen LogP contribution in [0.2, 0.25) is 0 Å². The van der Waals surface area contributed by atoms with E-state index in [0.717, 1.165) is 29.2 Å². The Morgan fingerprint density at radius 1 is 1.37 bits per heavy atom. The van der Waals surface area contributed by atoms with Gasteiger partial charge in [-0.15, -0.1) is 0 Å². The van der Waals surface area contributed by atoms with Gasteiger partial charge in [0, 0.05) is 31.7 Å². The lowest BCUT2D eigenvalue weighted by atomic mass is 10.0. The molecule has 0 atom stereocenters. The minimum absolute atomic E-state index is 0.540. The van der Waals surface area contributed by atoms with E-state index in [1.165, 1.54) is 12.8 Å². The van der Waals surface area contributed by atoms with E-state index in [4.69, 9.17) is 0 Å². The molecule has 1 aliphatic rings. The predicted octanol–water partition coefficient (Wildman–Crippen LogP) is 2.02. The second-order valence-electron chi connectivity index (χ2n) is 5.19. The molecule has 0 N–H and O–H groups in total. The highest BCUT2D eigenvalue weighted by Gasteiger charge is 2.23. The Hall–Kier alpha value is -1.14. The molecule has 102 valence electrons. The SMILES string of the molecule is CN1CCC(N(C)c2nc(Br)cn3ccnc23)CC1. The van der Waals surface area contributed by atoms with Crippen molar-refractivity contribution < 1.29 is 0 Å². The fourth-order valence-corrected chi connectivity index (χ4v) is 3.07. The van der Waals surface area contributed by atoms with Crippen LogP contribution in [-0.4, -0.2) is 52.5 Å². The number of rotatable bonds is 2. The molecule has 0 saturated carbocycles. The first kappa shape index (κ1) is 12.9. The summed E-state index contributed by atoms with van der Waals surface area (Å²) < 4.78 is 2.85. The van der Waals surface area contributed by atoms with Gasteiger partial charge in [-0.25, -0.2) is 9.97 Å². The topological polar surface area (TPSA) is 36.7 Å². The molecule has 2 aromatic heterocycles. The molecule has 0 aliphatic carbocycles. The molecule has 1 saturated heterocycles. The van der Waals surface area contributed by atoms with Gasteiger partial charge in [-0.3, -0.25) is 0 Å². The summed E-state index contributed by atoms with van der Waals surface area (Å²) in [6, 6.07) is 0.540. The summed E-state index contributed by atoms with van der Waals surface area (Å²) in [4.78, 5) is 13.7. The van der Waals surface area contributed by atoms with Gasteiger partial charge in [-0.05, 0) is 48.9 Å². The lowest BCUT2D eigenvalue weighted by molar-refractivity contribution is 0.252. The predicted molar refractivity (Wildman–Crippen MR) is 79.6 cm³/mol. The molecule has 0 radical (unpaired) electrons. The maximum atomic E-state index is 4.61. The molecule has 1 fully saturated rings. The summed E-state index contributed by atoms with van der Waals surface area (Å²) in [5.74, 6) is 0.953. The average molecular weight is 324 g/mol. The summed E-state index contributed by atoms with van der Waals surface area (Å²) in [5, 5.41) is 0. The molecule has 2 aromatic rings. The van der Waals surface area contributed by atoms with Gasteiger partial charge in [0.05, 0.1) is 0 Å².